The van der Waals surface area contributed by atoms with Crippen molar-refractivity contribution in [2.75, 3.05) is 6.54 Å². The van der Waals surface area contributed by atoms with Crippen molar-refractivity contribution in [2.45, 2.75) is 6.54 Å². The fourth-order valence-electron chi connectivity index (χ4n) is 1.08. The summed E-state index contributed by atoms with van der Waals surface area (Å²) in [4.78, 5) is 0. The van der Waals surface area contributed by atoms with E-state index in [1.54, 1.807) is 17.2 Å². The summed E-state index contributed by atoms with van der Waals surface area (Å²) < 4.78 is 6.65. The lowest BCUT2D eigenvalue weighted by Gasteiger charge is -1.92. The van der Waals surface area contributed by atoms with Gasteiger partial charge in [0.1, 0.15) is 5.69 Å². The molecule has 0 radical (unpaired) electrons. The highest BCUT2D eigenvalue weighted by Crippen LogP contribution is 2.15. The van der Waals surface area contributed by atoms with Crippen molar-refractivity contribution in [2.24, 2.45) is 5.73 Å². The van der Waals surface area contributed by atoms with E-state index in [9.17, 15) is 0 Å². The predicted octanol–water partition coefficient (Wildman–Crippen LogP) is 0.497. The molecule has 5 heteroatoms. The normalized spacial score (nSPS) is 10.5. The minimum atomic E-state index is 0.564. The van der Waals surface area contributed by atoms with Crippen LogP contribution in [0, 0.1) is 0 Å². The van der Waals surface area contributed by atoms with Crippen LogP contribution in [0.3, 0.4) is 0 Å². The van der Waals surface area contributed by atoms with Crippen LogP contribution < -0.4 is 5.73 Å². The van der Waals surface area contributed by atoms with E-state index in [2.05, 4.69) is 10.3 Å². The van der Waals surface area contributed by atoms with E-state index in [-0.39, 0.29) is 0 Å². The monoisotopic (exact) mass is 178 g/mol. The minimum Gasteiger partial charge on any atom is -0.472 e. The summed E-state index contributed by atoms with van der Waals surface area (Å²) in [6.45, 7) is 1.25. The Kier molecular flexibility index (Phi) is 2.09. The number of furan rings is 1. The van der Waals surface area contributed by atoms with Crippen LogP contribution in [0.4, 0.5) is 0 Å². The highest BCUT2D eigenvalue weighted by molar-refractivity contribution is 5.55. The second-order valence-corrected chi connectivity index (χ2v) is 2.67. The minimum absolute atomic E-state index is 0.564. The van der Waals surface area contributed by atoms with Crippen molar-refractivity contribution in [1.29, 1.82) is 0 Å². The van der Waals surface area contributed by atoms with Gasteiger partial charge < -0.3 is 10.2 Å². The number of rotatable bonds is 3. The molecule has 5 nitrogen and oxygen atoms in total. The summed E-state index contributed by atoms with van der Waals surface area (Å²) in [6, 6.07) is 1.84. The molecule has 0 aliphatic carbocycles. The molecule has 0 saturated carbocycles. The van der Waals surface area contributed by atoms with Gasteiger partial charge in [-0.3, -0.25) is 4.68 Å². The van der Waals surface area contributed by atoms with Crippen LogP contribution in [-0.2, 0) is 6.54 Å². The van der Waals surface area contributed by atoms with E-state index in [1.165, 1.54) is 0 Å². The molecule has 0 atom stereocenters. The van der Waals surface area contributed by atoms with Crippen LogP contribution in [0.5, 0.6) is 0 Å². The van der Waals surface area contributed by atoms with Crippen LogP contribution in [0.15, 0.2) is 29.2 Å². The van der Waals surface area contributed by atoms with E-state index < -0.39 is 0 Å². The van der Waals surface area contributed by atoms with Crippen LogP contribution >= 0.6 is 0 Å². The van der Waals surface area contributed by atoms with Gasteiger partial charge in [-0.1, -0.05) is 5.21 Å². The Labute approximate surface area is 75.1 Å². The van der Waals surface area contributed by atoms with Gasteiger partial charge in [0.2, 0.25) is 0 Å². The number of nitrogens with two attached hydrogens (primary N) is 1. The summed E-state index contributed by atoms with van der Waals surface area (Å²) in [5.74, 6) is 0. The van der Waals surface area contributed by atoms with Crippen molar-refractivity contribution >= 4 is 0 Å². The summed E-state index contributed by atoms with van der Waals surface area (Å²) in [5.41, 5.74) is 7.12. The Balaban J connectivity index is 2.23. The van der Waals surface area contributed by atoms with E-state index in [1.807, 2.05) is 12.3 Å². The molecule has 13 heavy (non-hydrogen) atoms. The van der Waals surface area contributed by atoms with Gasteiger partial charge in [-0.25, -0.2) is 0 Å². The molecule has 68 valence electrons. The Morgan fingerprint density at radius 3 is 3.15 bits per heavy atom. The number of hydrogen-bond acceptors (Lipinski definition) is 4. The lowest BCUT2D eigenvalue weighted by Crippen LogP contribution is -2.10. The van der Waals surface area contributed by atoms with Crippen LogP contribution in [0.25, 0.3) is 11.3 Å². The first-order valence-electron chi connectivity index (χ1n) is 4.03. The third-order valence-corrected chi connectivity index (χ3v) is 1.71. The molecule has 0 spiro atoms. The van der Waals surface area contributed by atoms with Crippen LogP contribution in [-0.4, -0.2) is 21.5 Å². The quantitative estimate of drug-likeness (QED) is 0.742. The zero-order chi connectivity index (χ0) is 9.10. The molecule has 0 aliphatic heterocycles. The first kappa shape index (κ1) is 8.00. The van der Waals surface area contributed by atoms with Crippen LogP contribution in [0.1, 0.15) is 0 Å². The fraction of sp³-hybridized carbons (Fsp3) is 0.250. The third kappa shape index (κ3) is 1.59. The molecule has 2 N–H and O–H groups in total. The molecule has 0 unspecified atom stereocenters. The molecule has 2 aromatic rings. The van der Waals surface area contributed by atoms with Crippen molar-refractivity contribution < 1.29 is 4.42 Å². The largest absolute Gasteiger partial charge is 0.472 e. The summed E-state index contributed by atoms with van der Waals surface area (Å²) in [7, 11) is 0. The topological polar surface area (TPSA) is 69.9 Å². The molecule has 0 amide bonds. The maximum Gasteiger partial charge on any atom is 0.116 e. The van der Waals surface area contributed by atoms with Crippen molar-refractivity contribution in [3.05, 3.63) is 24.8 Å². The maximum atomic E-state index is 5.38. The van der Waals surface area contributed by atoms with E-state index >= 15 is 0 Å². The van der Waals surface area contributed by atoms with Crippen molar-refractivity contribution in [1.82, 2.24) is 15.0 Å². The van der Waals surface area contributed by atoms with Gasteiger partial charge in [0.05, 0.1) is 25.3 Å². The third-order valence-electron chi connectivity index (χ3n) is 1.71. The molecule has 2 heterocycles. The standard InChI is InChI=1S/C8H10N4O/c9-2-3-12-5-8(10-11-12)7-1-4-13-6-7/h1,4-6H,2-3,9H2. The molecule has 0 bridgehead atoms. The Hall–Kier alpha value is -1.62. The van der Waals surface area contributed by atoms with Crippen molar-refractivity contribution in [3.8, 4) is 11.3 Å². The van der Waals surface area contributed by atoms with Gasteiger partial charge >= 0.3 is 0 Å². The number of aromatic nitrogens is 3. The summed E-state index contributed by atoms with van der Waals surface area (Å²) in [6.07, 6.45) is 5.09. The lowest BCUT2D eigenvalue weighted by molar-refractivity contribution is 0.568. The maximum absolute atomic E-state index is 5.38. The first-order chi connectivity index (χ1) is 6.40. The van der Waals surface area contributed by atoms with Crippen molar-refractivity contribution in [3.63, 3.8) is 0 Å². The zero-order valence-electron chi connectivity index (χ0n) is 7.05. The predicted molar refractivity (Wildman–Crippen MR) is 46.8 cm³/mol. The molecular formula is C8H10N4O. The highest BCUT2D eigenvalue weighted by Gasteiger charge is 2.03. The SMILES string of the molecule is NCCn1cc(-c2ccoc2)nn1. The summed E-state index contributed by atoms with van der Waals surface area (Å²) >= 11 is 0. The van der Waals surface area contributed by atoms with E-state index in [0.717, 1.165) is 11.3 Å². The highest BCUT2D eigenvalue weighted by atomic mass is 16.3. The molecule has 0 fully saturated rings. The molecular weight excluding hydrogens is 168 g/mol. The van der Waals surface area contributed by atoms with Crippen LogP contribution in [0.2, 0.25) is 0 Å². The molecule has 0 aliphatic rings. The van der Waals surface area contributed by atoms with Gasteiger partial charge in [0, 0.05) is 12.1 Å². The molecule has 2 rings (SSSR count). The first-order valence-corrected chi connectivity index (χ1v) is 4.03. The van der Waals surface area contributed by atoms with Gasteiger partial charge in [-0.05, 0) is 6.07 Å². The Morgan fingerprint density at radius 2 is 2.46 bits per heavy atom. The van der Waals surface area contributed by atoms with Gasteiger partial charge in [-0.2, -0.15) is 0 Å². The Bertz CT molecular complexity index is 365. The molecule has 2 aromatic heterocycles. The number of hydrogen-bond donors (Lipinski definition) is 1. The molecule has 0 aromatic carbocycles. The van der Waals surface area contributed by atoms with E-state index in [4.69, 9.17) is 10.2 Å². The number of nitrogens with zero attached hydrogens (tertiary/aromatic N) is 3. The van der Waals surface area contributed by atoms with Gasteiger partial charge in [-0.15, -0.1) is 5.10 Å². The fourth-order valence-corrected chi connectivity index (χ4v) is 1.08. The average Bonchev–Trinajstić information content (AvgIpc) is 2.70. The zero-order valence-corrected chi connectivity index (χ0v) is 7.05. The second-order valence-electron chi connectivity index (χ2n) is 2.67. The van der Waals surface area contributed by atoms with Gasteiger partial charge in [0.25, 0.3) is 0 Å². The summed E-state index contributed by atoms with van der Waals surface area (Å²) in [5, 5.41) is 7.88. The van der Waals surface area contributed by atoms with Gasteiger partial charge in [0.15, 0.2) is 0 Å². The smallest absolute Gasteiger partial charge is 0.116 e. The Morgan fingerprint density at radius 1 is 1.54 bits per heavy atom. The lowest BCUT2D eigenvalue weighted by atomic mass is 10.3. The second kappa shape index (κ2) is 3.40. The van der Waals surface area contributed by atoms with E-state index in [0.29, 0.717) is 13.1 Å². The molecule has 0 saturated heterocycles. The average molecular weight is 178 g/mol.